The number of esters is 1. The van der Waals surface area contributed by atoms with Crippen molar-refractivity contribution in [1.29, 1.82) is 0 Å². The second-order valence-corrected chi connectivity index (χ2v) is 5.66. The summed E-state index contributed by atoms with van der Waals surface area (Å²) < 4.78 is 18.8. The van der Waals surface area contributed by atoms with Crippen molar-refractivity contribution in [1.82, 2.24) is 5.32 Å². The van der Waals surface area contributed by atoms with E-state index >= 15 is 0 Å². The van der Waals surface area contributed by atoms with E-state index in [1.54, 1.807) is 12.1 Å². The molecule has 1 aromatic carbocycles. The maximum absolute atomic E-state index is 13.1. The molecule has 0 saturated carbocycles. The van der Waals surface area contributed by atoms with Crippen molar-refractivity contribution in [3.8, 4) is 0 Å². The van der Waals surface area contributed by atoms with Crippen LogP contribution in [-0.2, 0) is 9.53 Å². The number of hydrogen-bond acceptors (Lipinski definition) is 4. The summed E-state index contributed by atoms with van der Waals surface area (Å²) >= 11 is 1.21. The number of thiophene rings is 1. The summed E-state index contributed by atoms with van der Waals surface area (Å²) in [5.41, 5.74) is 0. The highest BCUT2D eigenvalue weighted by Crippen LogP contribution is 2.26. The highest BCUT2D eigenvalue weighted by atomic mass is 32.1. The molecule has 112 valence electrons. The molecule has 0 unspecified atom stereocenters. The number of unbranched alkanes of at least 4 members (excludes halogenated alkanes) is 1. The first-order valence-corrected chi connectivity index (χ1v) is 7.54. The predicted molar refractivity (Wildman–Crippen MR) is 80.0 cm³/mol. The number of carbonyl (C=O) groups is 2. The molecule has 0 atom stereocenters. The molecular formula is C15H16FNO3S. The number of halogens is 1. The third kappa shape index (κ3) is 4.26. The van der Waals surface area contributed by atoms with Crippen LogP contribution < -0.4 is 5.32 Å². The molecule has 21 heavy (non-hydrogen) atoms. The van der Waals surface area contributed by atoms with Gasteiger partial charge < -0.3 is 10.1 Å². The van der Waals surface area contributed by atoms with E-state index in [9.17, 15) is 14.0 Å². The standard InChI is InChI=1S/C15H16FNO3S/c1-2-3-6-17-14(18)9-20-15(19)13-8-10-7-11(16)4-5-12(10)21-13/h4-5,7-8H,2-3,6,9H2,1H3,(H,17,18). The number of rotatable bonds is 6. The van der Waals surface area contributed by atoms with Crippen molar-refractivity contribution >= 4 is 33.3 Å². The lowest BCUT2D eigenvalue weighted by Gasteiger charge is -2.04. The van der Waals surface area contributed by atoms with Gasteiger partial charge in [-0.2, -0.15) is 0 Å². The SMILES string of the molecule is CCCCNC(=O)COC(=O)c1cc2cc(F)ccc2s1. The third-order valence-electron chi connectivity index (χ3n) is 2.87. The van der Waals surface area contributed by atoms with Gasteiger partial charge in [-0.25, -0.2) is 9.18 Å². The molecule has 1 heterocycles. The largest absolute Gasteiger partial charge is 0.451 e. The normalized spacial score (nSPS) is 10.6. The van der Waals surface area contributed by atoms with Gasteiger partial charge in [-0.3, -0.25) is 4.79 Å². The van der Waals surface area contributed by atoms with E-state index in [0.29, 0.717) is 16.8 Å². The van der Waals surface area contributed by atoms with Crippen molar-refractivity contribution in [3.05, 3.63) is 35.0 Å². The van der Waals surface area contributed by atoms with Gasteiger partial charge in [0.2, 0.25) is 0 Å². The summed E-state index contributed by atoms with van der Waals surface area (Å²) in [5, 5.41) is 3.31. The Labute approximate surface area is 125 Å². The fraction of sp³-hybridized carbons (Fsp3) is 0.333. The maximum Gasteiger partial charge on any atom is 0.348 e. The minimum atomic E-state index is -0.567. The van der Waals surface area contributed by atoms with Crippen LogP contribution in [0.4, 0.5) is 4.39 Å². The average Bonchev–Trinajstić information content (AvgIpc) is 2.88. The average molecular weight is 309 g/mol. The lowest BCUT2D eigenvalue weighted by molar-refractivity contribution is -0.124. The highest BCUT2D eigenvalue weighted by Gasteiger charge is 2.13. The summed E-state index contributed by atoms with van der Waals surface area (Å²) in [6.07, 6.45) is 1.87. The quantitative estimate of drug-likeness (QED) is 0.659. The minimum Gasteiger partial charge on any atom is -0.451 e. The van der Waals surface area contributed by atoms with Gasteiger partial charge in [-0.15, -0.1) is 11.3 Å². The maximum atomic E-state index is 13.1. The van der Waals surface area contributed by atoms with Crippen LogP contribution in [0.5, 0.6) is 0 Å². The first kappa shape index (κ1) is 15.4. The molecule has 1 N–H and O–H groups in total. The molecule has 4 nitrogen and oxygen atoms in total. The third-order valence-corrected chi connectivity index (χ3v) is 3.96. The second kappa shape index (κ2) is 7.17. The first-order valence-electron chi connectivity index (χ1n) is 6.73. The smallest absolute Gasteiger partial charge is 0.348 e. The number of nitrogens with one attached hydrogen (secondary N) is 1. The monoisotopic (exact) mass is 309 g/mol. The number of carbonyl (C=O) groups excluding carboxylic acids is 2. The second-order valence-electron chi connectivity index (χ2n) is 4.57. The fourth-order valence-electron chi connectivity index (χ4n) is 1.77. The first-order chi connectivity index (χ1) is 10.1. The zero-order valence-corrected chi connectivity index (χ0v) is 12.5. The van der Waals surface area contributed by atoms with Crippen LogP contribution in [0.1, 0.15) is 29.4 Å². The Morgan fingerprint density at radius 3 is 2.90 bits per heavy atom. The van der Waals surface area contributed by atoms with Crippen LogP contribution >= 0.6 is 11.3 Å². The molecule has 2 aromatic rings. The van der Waals surface area contributed by atoms with E-state index in [1.165, 1.54) is 23.5 Å². The van der Waals surface area contributed by atoms with Gasteiger partial charge in [0, 0.05) is 11.2 Å². The van der Waals surface area contributed by atoms with Gasteiger partial charge in [0.25, 0.3) is 5.91 Å². The summed E-state index contributed by atoms with van der Waals surface area (Å²) in [4.78, 5) is 23.6. The zero-order chi connectivity index (χ0) is 15.2. The Morgan fingerprint density at radius 1 is 1.33 bits per heavy atom. The lowest BCUT2D eigenvalue weighted by atomic mass is 10.2. The summed E-state index contributed by atoms with van der Waals surface area (Å²) in [7, 11) is 0. The molecule has 2 rings (SSSR count). The summed E-state index contributed by atoms with van der Waals surface area (Å²) in [6, 6.07) is 5.89. The van der Waals surface area contributed by atoms with Gasteiger partial charge in [0.05, 0.1) is 0 Å². The molecule has 0 aliphatic heterocycles. The summed E-state index contributed by atoms with van der Waals surface area (Å²) in [5.74, 6) is -1.23. The molecule has 0 aliphatic carbocycles. The lowest BCUT2D eigenvalue weighted by Crippen LogP contribution is -2.29. The van der Waals surface area contributed by atoms with Gasteiger partial charge in [0.15, 0.2) is 6.61 Å². The van der Waals surface area contributed by atoms with Crippen LogP contribution in [0, 0.1) is 5.82 Å². The number of fused-ring (bicyclic) bond motifs is 1. The molecule has 0 radical (unpaired) electrons. The molecule has 1 aromatic heterocycles. The van der Waals surface area contributed by atoms with Gasteiger partial charge >= 0.3 is 5.97 Å². The fourth-order valence-corrected chi connectivity index (χ4v) is 2.71. The predicted octanol–water partition coefficient (Wildman–Crippen LogP) is 3.11. The molecule has 0 spiro atoms. The van der Waals surface area contributed by atoms with Crippen LogP contribution in [-0.4, -0.2) is 25.0 Å². The van der Waals surface area contributed by atoms with Crippen molar-refractivity contribution in [2.24, 2.45) is 0 Å². The van der Waals surface area contributed by atoms with E-state index < -0.39 is 5.97 Å². The van der Waals surface area contributed by atoms with Crippen molar-refractivity contribution in [3.63, 3.8) is 0 Å². The Hall–Kier alpha value is -1.95. The molecular weight excluding hydrogens is 293 g/mol. The van der Waals surface area contributed by atoms with E-state index in [0.717, 1.165) is 17.5 Å². The molecule has 1 amide bonds. The van der Waals surface area contributed by atoms with E-state index in [4.69, 9.17) is 4.74 Å². The number of hydrogen-bond donors (Lipinski definition) is 1. The van der Waals surface area contributed by atoms with Crippen molar-refractivity contribution in [2.75, 3.05) is 13.2 Å². The van der Waals surface area contributed by atoms with Crippen LogP contribution in [0.2, 0.25) is 0 Å². The topological polar surface area (TPSA) is 55.4 Å². The van der Waals surface area contributed by atoms with Crippen molar-refractivity contribution in [2.45, 2.75) is 19.8 Å². The number of ether oxygens (including phenoxy) is 1. The molecule has 0 aliphatic rings. The van der Waals surface area contributed by atoms with Gasteiger partial charge in [-0.05, 0) is 36.1 Å². The molecule has 6 heteroatoms. The molecule has 0 fully saturated rings. The van der Waals surface area contributed by atoms with Crippen LogP contribution in [0.3, 0.4) is 0 Å². The highest BCUT2D eigenvalue weighted by molar-refractivity contribution is 7.20. The number of amides is 1. The zero-order valence-electron chi connectivity index (χ0n) is 11.6. The van der Waals surface area contributed by atoms with E-state index in [2.05, 4.69) is 5.32 Å². The summed E-state index contributed by atoms with van der Waals surface area (Å²) in [6.45, 7) is 2.30. The molecule has 0 saturated heterocycles. The van der Waals surface area contributed by atoms with E-state index in [-0.39, 0.29) is 18.3 Å². The van der Waals surface area contributed by atoms with Crippen LogP contribution in [0.25, 0.3) is 10.1 Å². The molecule has 0 bridgehead atoms. The number of benzene rings is 1. The minimum absolute atomic E-state index is 0.300. The van der Waals surface area contributed by atoms with Gasteiger partial charge in [-0.1, -0.05) is 13.3 Å². The Morgan fingerprint density at radius 2 is 2.14 bits per heavy atom. The van der Waals surface area contributed by atoms with Crippen molar-refractivity contribution < 1.29 is 18.7 Å². The van der Waals surface area contributed by atoms with Crippen LogP contribution in [0.15, 0.2) is 24.3 Å². The van der Waals surface area contributed by atoms with Gasteiger partial charge in [0.1, 0.15) is 10.7 Å². The Bertz CT molecular complexity index is 653. The van der Waals surface area contributed by atoms with E-state index in [1.807, 2.05) is 6.92 Å². The Kier molecular flexibility index (Phi) is 5.27. The Balaban J connectivity index is 1.91.